The van der Waals surface area contributed by atoms with Gasteiger partial charge in [0.1, 0.15) is 0 Å². The SMILES string of the molecule is CCC(C1CCC1)N1CCCCC1=N. The molecule has 1 aliphatic carbocycles. The van der Waals surface area contributed by atoms with Crippen molar-refractivity contribution < 1.29 is 0 Å². The Morgan fingerprint density at radius 2 is 2.14 bits per heavy atom. The maximum Gasteiger partial charge on any atom is 0.0960 e. The van der Waals surface area contributed by atoms with Gasteiger partial charge in [0.25, 0.3) is 0 Å². The van der Waals surface area contributed by atoms with E-state index in [2.05, 4.69) is 11.8 Å². The lowest BCUT2D eigenvalue weighted by Gasteiger charge is -2.43. The van der Waals surface area contributed by atoms with Gasteiger partial charge in [-0.1, -0.05) is 13.3 Å². The zero-order valence-corrected chi connectivity index (χ0v) is 9.26. The van der Waals surface area contributed by atoms with E-state index in [1.54, 1.807) is 0 Å². The minimum Gasteiger partial charge on any atom is -0.357 e. The van der Waals surface area contributed by atoms with E-state index in [0.29, 0.717) is 6.04 Å². The monoisotopic (exact) mass is 194 g/mol. The van der Waals surface area contributed by atoms with Gasteiger partial charge in [0.05, 0.1) is 5.84 Å². The number of amidine groups is 1. The van der Waals surface area contributed by atoms with Crippen molar-refractivity contribution in [2.75, 3.05) is 6.54 Å². The summed E-state index contributed by atoms with van der Waals surface area (Å²) < 4.78 is 0. The number of piperidine rings is 1. The second-order valence-corrected chi connectivity index (χ2v) is 4.76. The molecule has 2 rings (SSSR count). The second kappa shape index (κ2) is 4.33. The van der Waals surface area contributed by atoms with Crippen LogP contribution in [0.3, 0.4) is 0 Å². The molecule has 2 nitrogen and oxygen atoms in total. The van der Waals surface area contributed by atoms with E-state index in [1.807, 2.05) is 0 Å². The van der Waals surface area contributed by atoms with E-state index in [0.717, 1.165) is 24.7 Å². The number of likely N-dealkylation sites (tertiary alicyclic amines) is 1. The molecule has 1 aliphatic heterocycles. The average Bonchev–Trinajstić information content (AvgIpc) is 2.12. The molecule has 2 aliphatic rings. The summed E-state index contributed by atoms with van der Waals surface area (Å²) in [5.41, 5.74) is 0. The number of hydrogen-bond acceptors (Lipinski definition) is 1. The van der Waals surface area contributed by atoms with Crippen LogP contribution in [0.5, 0.6) is 0 Å². The molecule has 0 bridgehead atoms. The third-order valence-corrected chi connectivity index (χ3v) is 3.92. The summed E-state index contributed by atoms with van der Waals surface area (Å²) in [4.78, 5) is 2.40. The number of nitrogens with zero attached hydrogens (tertiary/aromatic N) is 1. The summed E-state index contributed by atoms with van der Waals surface area (Å²) in [6.07, 6.45) is 9.01. The first kappa shape index (κ1) is 10.0. The molecule has 1 unspecified atom stereocenters. The molecular weight excluding hydrogens is 172 g/mol. The van der Waals surface area contributed by atoms with Gasteiger partial charge < -0.3 is 4.90 Å². The van der Waals surface area contributed by atoms with Crippen molar-refractivity contribution in [2.24, 2.45) is 5.92 Å². The van der Waals surface area contributed by atoms with Crippen LogP contribution in [-0.2, 0) is 0 Å². The molecule has 1 heterocycles. The van der Waals surface area contributed by atoms with Crippen LogP contribution in [0.4, 0.5) is 0 Å². The average molecular weight is 194 g/mol. The normalized spacial score (nSPS) is 26.1. The Balaban J connectivity index is 1.97. The molecule has 2 fully saturated rings. The van der Waals surface area contributed by atoms with Crippen LogP contribution in [0.1, 0.15) is 51.9 Å². The Kier molecular flexibility index (Phi) is 3.09. The van der Waals surface area contributed by atoms with E-state index in [-0.39, 0.29) is 0 Å². The van der Waals surface area contributed by atoms with Gasteiger partial charge in [-0.3, -0.25) is 5.41 Å². The molecule has 14 heavy (non-hydrogen) atoms. The Morgan fingerprint density at radius 3 is 2.64 bits per heavy atom. The zero-order chi connectivity index (χ0) is 9.97. The van der Waals surface area contributed by atoms with Crippen LogP contribution < -0.4 is 0 Å². The van der Waals surface area contributed by atoms with Crippen LogP contribution in [0.2, 0.25) is 0 Å². The predicted octanol–water partition coefficient (Wildman–Crippen LogP) is 3.03. The van der Waals surface area contributed by atoms with Gasteiger partial charge >= 0.3 is 0 Å². The lowest BCUT2D eigenvalue weighted by Crippen LogP contribution is -2.48. The Hall–Kier alpha value is -0.530. The third kappa shape index (κ3) is 1.79. The Bertz CT molecular complexity index is 208. The first-order chi connectivity index (χ1) is 6.83. The summed E-state index contributed by atoms with van der Waals surface area (Å²) in [5.74, 6) is 1.81. The lowest BCUT2D eigenvalue weighted by molar-refractivity contribution is 0.138. The molecule has 1 saturated heterocycles. The number of rotatable bonds is 3. The zero-order valence-electron chi connectivity index (χ0n) is 9.26. The molecule has 2 heteroatoms. The smallest absolute Gasteiger partial charge is 0.0960 e. The minimum absolute atomic E-state index is 0.691. The Labute approximate surface area is 87.2 Å². The first-order valence-electron chi connectivity index (χ1n) is 6.17. The fraction of sp³-hybridized carbons (Fsp3) is 0.917. The van der Waals surface area contributed by atoms with Gasteiger partial charge in [0.15, 0.2) is 0 Å². The molecule has 1 N–H and O–H groups in total. The van der Waals surface area contributed by atoms with Crippen LogP contribution in [0, 0.1) is 11.3 Å². The fourth-order valence-electron chi connectivity index (χ4n) is 2.85. The van der Waals surface area contributed by atoms with Crippen molar-refractivity contribution in [2.45, 2.75) is 57.9 Å². The van der Waals surface area contributed by atoms with Crippen molar-refractivity contribution in [1.82, 2.24) is 4.90 Å². The van der Waals surface area contributed by atoms with E-state index < -0.39 is 0 Å². The van der Waals surface area contributed by atoms with Crippen molar-refractivity contribution >= 4 is 5.84 Å². The van der Waals surface area contributed by atoms with Gasteiger partial charge in [0, 0.05) is 19.0 Å². The van der Waals surface area contributed by atoms with E-state index in [4.69, 9.17) is 5.41 Å². The molecule has 1 saturated carbocycles. The van der Waals surface area contributed by atoms with Gasteiger partial charge in [-0.15, -0.1) is 0 Å². The van der Waals surface area contributed by atoms with Crippen molar-refractivity contribution in [1.29, 1.82) is 5.41 Å². The van der Waals surface area contributed by atoms with E-state index >= 15 is 0 Å². The van der Waals surface area contributed by atoms with E-state index in [9.17, 15) is 0 Å². The highest BCUT2D eigenvalue weighted by atomic mass is 15.2. The van der Waals surface area contributed by atoms with Crippen molar-refractivity contribution in [3.05, 3.63) is 0 Å². The Morgan fingerprint density at radius 1 is 1.36 bits per heavy atom. The molecule has 0 aromatic rings. The van der Waals surface area contributed by atoms with Gasteiger partial charge in [-0.05, 0) is 38.0 Å². The van der Waals surface area contributed by atoms with Crippen molar-refractivity contribution in [3.63, 3.8) is 0 Å². The topological polar surface area (TPSA) is 27.1 Å². The highest BCUT2D eigenvalue weighted by Crippen LogP contribution is 2.34. The summed E-state index contributed by atoms with van der Waals surface area (Å²) >= 11 is 0. The molecule has 0 radical (unpaired) electrons. The van der Waals surface area contributed by atoms with Crippen LogP contribution >= 0.6 is 0 Å². The van der Waals surface area contributed by atoms with Crippen molar-refractivity contribution in [3.8, 4) is 0 Å². The highest BCUT2D eigenvalue weighted by molar-refractivity contribution is 5.80. The molecule has 0 aromatic carbocycles. The van der Waals surface area contributed by atoms with Crippen LogP contribution in [0.15, 0.2) is 0 Å². The summed E-state index contributed by atoms with van der Waals surface area (Å²) in [6, 6.07) is 0.691. The number of hydrogen-bond donors (Lipinski definition) is 1. The van der Waals surface area contributed by atoms with Gasteiger partial charge in [-0.25, -0.2) is 0 Å². The van der Waals surface area contributed by atoms with Gasteiger partial charge in [-0.2, -0.15) is 0 Å². The minimum atomic E-state index is 0.691. The lowest BCUT2D eigenvalue weighted by atomic mass is 9.77. The summed E-state index contributed by atoms with van der Waals surface area (Å²) in [7, 11) is 0. The molecule has 80 valence electrons. The maximum absolute atomic E-state index is 8.00. The molecule has 0 spiro atoms. The fourth-order valence-corrected chi connectivity index (χ4v) is 2.85. The molecule has 0 aromatic heterocycles. The molecular formula is C12H22N2. The highest BCUT2D eigenvalue weighted by Gasteiger charge is 2.32. The summed E-state index contributed by atoms with van der Waals surface area (Å²) in [5, 5.41) is 8.00. The first-order valence-corrected chi connectivity index (χ1v) is 6.17. The maximum atomic E-state index is 8.00. The van der Waals surface area contributed by atoms with E-state index in [1.165, 1.54) is 38.5 Å². The van der Waals surface area contributed by atoms with Crippen LogP contribution in [0.25, 0.3) is 0 Å². The third-order valence-electron chi connectivity index (χ3n) is 3.92. The molecule has 1 atom stereocenters. The second-order valence-electron chi connectivity index (χ2n) is 4.76. The quantitative estimate of drug-likeness (QED) is 0.734. The predicted molar refractivity (Wildman–Crippen MR) is 59.7 cm³/mol. The standard InChI is InChI=1S/C12H22N2/c1-2-11(10-6-5-7-10)14-9-4-3-8-12(14)13/h10-11,13H,2-9H2,1H3. The van der Waals surface area contributed by atoms with Gasteiger partial charge in [0.2, 0.25) is 0 Å². The van der Waals surface area contributed by atoms with Crippen LogP contribution in [-0.4, -0.2) is 23.3 Å². The number of nitrogens with one attached hydrogen (secondary N) is 1. The largest absolute Gasteiger partial charge is 0.357 e. The molecule has 0 amide bonds. The summed E-state index contributed by atoms with van der Waals surface area (Å²) in [6.45, 7) is 3.43.